The lowest BCUT2D eigenvalue weighted by atomic mass is 10.3. The van der Waals surface area contributed by atoms with Gasteiger partial charge in [-0.25, -0.2) is 18.4 Å². The summed E-state index contributed by atoms with van der Waals surface area (Å²) in [5, 5.41) is 7.76. The Balaban J connectivity index is 2.19. The van der Waals surface area contributed by atoms with Gasteiger partial charge in [-0.2, -0.15) is 0 Å². The van der Waals surface area contributed by atoms with E-state index in [1.807, 2.05) is 0 Å². The van der Waals surface area contributed by atoms with Crippen LogP contribution in [0.5, 0.6) is 5.75 Å². The number of sulfonamides is 1. The SMILES string of the molecule is COc1ccc(NC(=O)N2CCOCC2)cc1S(N)(=O)=O. The Kier molecular flexibility index (Phi) is 4.66. The second-order valence-electron chi connectivity index (χ2n) is 4.44. The molecule has 1 aliphatic rings. The normalized spacial score (nSPS) is 15.6. The lowest BCUT2D eigenvalue weighted by molar-refractivity contribution is 0.0564. The topological polar surface area (TPSA) is 111 Å². The first kappa shape index (κ1) is 15.5. The number of amides is 2. The monoisotopic (exact) mass is 315 g/mol. The molecule has 1 aromatic rings. The number of hydrogen-bond donors (Lipinski definition) is 2. The van der Waals surface area contributed by atoms with Crippen molar-refractivity contribution in [3.05, 3.63) is 18.2 Å². The highest BCUT2D eigenvalue weighted by Gasteiger charge is 2.19. The third-order valence-corrected chi connectivity index (χ3v) is 3.95. The average molecular weight is 315 g/mol. The second-order valence-corrected chi connectivity index (χ2v) is 5.97. The maximum Gasteiger partial charge on any atom is 0.322 e. The van der Waals surface area contributed by atoms with Crippen LogP contribution in [0.15, 0.2) is 23.1 Å². The third-order valence-electron chi connectivity index (χ3n) is 3.02. The van der Waals surface area contributed by atoms with E-state index in [4.69, 9.17) is 14.6 Å². The summed E-state index contributed by atoms with van der Waals surface area (Å²) in [6.45, 7) is 1.95. The number of carbonyl (C=O) groups is 1. The highest BCUT2D eigenvalue weighted by Crippen LogP contribution is 2.26. The summed E-state index contributed by atoms with van der Waals surface area (Å²) in [6, 6.07) is 3.94. The van der Waals surface area contributed by atoms with Crippen molar-refractivity contribution < 1.29 is 22.7 Å². The molecule has 21 heavy (non-hydrogen) atoms. The van der Waals surface area contributed by atoms with Gasteiger partial charge in [0.1, 0.15) is 10.6 Å². The molecule has 1 aliphatic heterocycles. The van der Waals surface area contributed by atoms with Gasteiger partial charge in [0.15, 0.2) is 0 Å². The van der Waals surface area contributed by atoms with Crippen LogP contribution in [0, 0.1) is 0 Å². The number of nitrogens with one attached hydrogen (secondary N) is 1. The summed E-state index contributed by atoms with van der Waals surface area (Å²) in [6.07, 6.45) is 0. The zero-order valence-corrected chi connectivity index (χ0v) is 12.4. The first-order chi connectivity index (χ1) is 9.91. The summed E-state index contributed by atoms with van der Waals surface area (Å²) in [7, 11) is -2.60. The molecule has 0 spiro atoms. The van der Waals surface area contributed by atoms with Crippen molar-refractivity contribution in [2.45, 2.75) is 4.90 Å². The van der Waals surface area contributed by atoms with Gasteiger partial charge < -0.3 is 19.7 Å². The molecule has 0 unspecified atom stereocenters. The van der Waals surface area contributed by atoms with E-state index < -0.39 is 10.0 Å². The number of ether oxygens (including phenoxy) is 2. The molecule has 0 aliphatic carbocycles. The van der Waals surface area contributed by atoms with E-state index in [9.17, 15) is 13.2 Å². The van der Waals surface area contributed by atoms with Crippen molar-refractivity contribution in [3.63, 3.8) is 0 Å². The van der Waals surface area contributed by atoms with Crippen molar-refractivity contribution in [1.82, 2.24) is 4.90 Å². The van der Waals surface area contributed by atoms with E-state index in [1.54, 1.807) is 11.0 Å². The molecule has 1 heterocycles. The van der Waals surface area contributed by atoms with Crippen molar-refractivity contribution in [2.75, 3.05) is 38.7 Å². The van der Waals surface area contributed by atoms with Gasteiger partial charge in [0.25, 0.3) is 0 Å². The smallest absolute Gasteiger partial charge is 0.322 e. The molecule has 8 nitrogen and oxygen atoms in total. The van der Waals surface area contributed by atoms with E-state index >= 15 is 0 Å². The van der Waals surface area contributed by atoms with Crippen LogP contribution in [0.3, 0.4) is 0 Å². The molecule has 0 atom stereocenters. The highest BCUT2D eigenvalue weighted by atomic mass is 32.2. The molecular weight excluding hydrogens is 298 g/mol. The van der Waals surface area contributed by atoms with Crippen LogP contribution in [-0.4, -0.2) is 52.8 Å². The van der Waals surface area contributed by atoms with Crippen molar-refractivity contribution >= 4 is 21.7 Å². The first-order valence-electron chi connectivity index (χ1n) is 6.26. The maximum atomic E-state index is 12.0. The van der Waals surface area contributed by atoms with Crippen LogP contribution in [0.1, 0.15) is 0 Å². The second kappa shape index (κ2) is 6.29. The number of primary sulfonamides is 1. The van der Waals surface area contributed by atoms with Gasteiger partial charge in [0.05, 0.1) is 20.3 Å². The third kappa shape index (κ3) is 3.84. The van der Waals surface area contributed by atoms with Crippen LogP contribution in [-0.2, 0) is 14.8 Å². The summed E-state index contributed by atoms with van der Waals surface area (Å²) in [5.74, 6) is 0.127. The molecule has 2 rings (SSSR count). The Morgan fingerprint density at radius 1 is 1.38 bits per heavy atom. The molecule has 1 fully saturated rings. The van der Waals surface area contributed by atoms with Gasteiger partial charge in [-0.15, -0.1) is 0 Å². The number of morpholine rings is 1. The minimum Gasteiger partial charge on any atom is -0.495 e. The number of nitrogens with two attached hydrogens (primary N) is 1. The maximum absolute atomic E-state index is 12.0. The number of anilines is 1. The molecule has 9 heteroatoms. The summed E-state index contributed by atoms with van der Waals surface area (Å²) < 4.78 is 33.1. The average Bonchev–Trinajstić information content (AvgIpc) is 2.47. The van der Waals surface area contributed by atoms with Crippen molar-refractivity contribution in [3.8, 4) is 5.75 Å². The standard InChI is InChI=1S/C12H17N3O5S/c1-19-10-3-2-9(8-11(10)21(13,17)18)14-12(16)15-4-6-20-7-5-15/h2-3,8H,4-7H2,1H3,(H,14,16)(H2,13,17,18). The zero-order chi connectivity index (χ0) is 15.5. The number of nitrogens with zero attached hydrogens (tertiary/aromatic N) is 1. The van der Waals surface area contributed by atoms with E-state index in [-0.39, 0.29) is 16.7 Å². The number of hydrogen-bond acceptors (Lipinski definition) is 5. The largest absolute Gasteiger partial charge is 0.495 e. The minimum absolute atomic E-state index is 0.127. The Morgan fingerprint density at radius 3 is 2.62 bits per heavy atom. The molecule has 1 saturated heterocycles. The summed E-state index contributed by atoms with van der Waals surface area (Å²) >= 11 is 0. The minimum atomic E-state index is -3.94. The number of rotatable bonds is 3. The fourth-order valence-electron chi connectivity index (χ4n) is 1.95. The summed E-state index contributed by atoms with van der Waals surface area (Å²) in [5.41, 5.74) is 0.330. The Bertz CT molecular complexity index is 626. The Morgan fingerprint density at radius 2 is 2.05 bits per heavy atom. The van der Waals surface area contributed by atoms with Gasteiger partial charge in [-0.3, -0.25) is 0 Å². The van der Waals surface area contributed by atoms with E-state index in [1.165, 1.54) is 19.2 Å². The molecule has 2 amide bonds. The van der Waals surface area contributed by atoms with Gasteiger partial charge in [-0.1, -0.05) is 0 Å². The molecule has 0 bridgehead atoms. The van der Waals surface area contributed by atoms with Crippen molar-refractivity contribution in [2.24, 2.45) is 5.14 Å². The van der Waals surface area contributed by atoms with Crippen molar-refractivity contribution in [1.29, 1.82) is 0 Å². The molecule has 0 saturated carbocycles. The predicted molar refractivity (Wildman–Crippen MR) is 75.8 cm³/mol. The van der Waals surface area contributed by atoms with Gasteiger partial charge in [-0.05, 0) is 18.2 Å². The van der Waals surface area contributed by atoms with Crippen LogP contribution in [0.25, 0.3) is 0 Å². The lowest BCUT2D eigenvalue weighted by Crippen LogP contribution is -2.43. The Labute approximate surface area is 122 Å². The number of carbonyl (C=O) groups excluding carboxylic acids is 1. The van der Waals surface area contributed by atoms with E-state index in [0.717, 1.165) is 0 Å². The molecule has 3 N–H and O–H groups in total. The van der Waals surface area contributed by atoms with Gasteiger partial charge >= 0.3 is 6.03 Å². The van der Waals surface area contributed by atoms with E-state index in [2.05, 4.69) is 5.32 Å². The Hall–Kier alpha value is -1.84. The van der Waals surface area contributed by atoms with E-state index in [0.29, 0.717) is 32.0 Å². The predicted octanol–water partition coefficient (Wildman–Crippen LogP) is 0.207. The lowest BCUT2D eigenvalue weighted by Gasteiger charge is -2.27. The molecule has 116 valence electrons. The van der Waals surface area contributed by atoms with Gasteiger partial charge in [0.2, 0.25) is 10.0 Å². The highest BCUT2D eigenvalue weighted by molar-refractivity contribution is 7.89. The molecule has 0 radical (unpaired) electrons. The quantitative estimate of drug-likeness (QED) is 0.828. The number of urea groups is 1. The number of methoxy groups -OCH3 is 1. The number of benzene rings is 1. The fourth-order valence-corrected chi connectivity index (χ4v) is 2.67. The summed E-state index contributed by atoms with van der Waals surface area (Å²) in [4.78, 5) is 13.4. The fraction of sp³-hybridized carbons (Fsp3) is 0.417. The van der Waals surface area contributed by atoms with Gasteiger partial charge in [0, 0.05) is 18.8 Å². The van der Waals surface area contributed by atoms with Crippen LogP contribution >= 0.6 is 0 Å². The first-order valence-corrected chi connectivity index (χ1v) is 7.81. The molecular formula is C12H17N3O5S. The zero-order valence-electron chi connectivity index (χ0n) is 11.5. The molecule has 0 aromatic heterocycles. The molecule has 1 aromatic carbocycles. The van der Waals surface area contributed by atoms with Crippen LogP contribution in [0.4, 0.5) is 10.5 Å². The van der Waals surface area contributed by atoms with Crippen LogP contribution < -0.4 is 15.2 Å². The van der Waals surface area contributed by atoms with Crippen LogP contribution in [0.2, 0.25) is 0 Å².